The van der Waals surface area contributed by atoms with Gasteiger partial charge in [0.25, 0.3) is 0 Å². The third-order valence-corrected chi connectivity index (χ3v) is 4.78. The largest absolute Gasteiger partial charge is 0.493 e. The van der Waals surface area contributed by atoms with Crippen LogP contribution in [0.1, 0.15) is 23.6 Å². The molecule has 0 atom stereocenters. The molecule has 150 valence electrons. The average molecular weight is 383 g/mol. The molecule has 0 spiro atoms. The summed E-state index contributed by atoms with van der Waals surface area (Å²) in [7, 11) is 3.37. The number of nitrogens with zero attached hydrogens (tertiary/aromatic N) is 1. The Bertz CT molecular complexity index is 800. The van der Waals surface area contributed by atoms with E-state index in [0.29, 0.717) is 0 Å². The minimum atomic E-state index is 0.0185. The number of rotatable bonds is 6. The molecule has 5 heteroatoms. The minimum absolute atomic E-state index is 0.0185. The molecule has 0 fully saturated rings. The molecule has 0 aromatic heterocycles. The van der Waals surface area contributed by atoms with Crippen LogP contribution >= 0.6 is 0 Å². The van der Waals surface area contributed by atoms with Gasteiger partial charge in [-0.15, -0.1) is 0 Å². The molecule has 28 heavy (non-hydrogen) atoms. The van der Waals surface area contributed by atoms with Gasteiger partial charge in [-0.05, 0) is 66.8 Å². The quantitative estimate of drug-likeness (QED) is 0.610. The fourth-order valence-corrected chi connectivity index (χ4v) is 3.10. The molecule has 0 saturated heterocycles. The highest BCUT2D eigenvalue weighted by Crippen LogP contribution is 2.33. The van der Waals surface area contributed by atoms with Crippen LogP contribution < -0.4 is 15.2 Å². The first-order valence-corrected chi connectivity index (χ1v) is 9.40. The minimum Gasteiger partial charge on any atom is -0.493 e. The SMILES string of the molecule is C=CC(C)=O.COc1cc2c(cc1OC)CN(CCc1ccc(N)cc1)CC2. The fourth-order valence-electron chi connectivity index (χ4n) is 3.10. The van der Waals surface area contributed by atoms with Gasteiger partial charge in [-0.1, -0.05) is 18.7 Å². The number of ether oxygens (including phenoxy) is 2. The van der Waals surface area contributed by atoms with E-state index in [1.165, 1.54) is 29.7 Å². The highest BCUT2D eigenvalue weighted by Gasteiger charge is 2.19. The maximum atomic E-state index is 9.69. The molecule has 2 aromatic carbocycles. The molecule has 0 saturated carbocycles. The Morgan fingerprint density at radius 3 is 2.25 bits per heavy atom. The number of allylic oxidation sites excluding steroid dienone is 1. The summed E-state index contributed by atoms with van der Waals surface area (Å²) < 4.78 is 10.8. The molecule has 2 N–H and O–H groups in total. The first-order valence-electron chi connectivity index (χ1n) is 9.40. The van der Waals surface area contributed by atoms with Gasteiger partial charge in [-0.25, -0.2) is 0 Å². The maximum absolute atomic E-state index is 9.69. The number of ketones is 1. The Morgan fingerprint density at radius 1 is 1.14 bits per heavy atom. The first kappa shape index (κ1) is 21.5. The van der Waals surface area contributed by atoms with Crippen molar-refractivity contribution >= 4 is 11.5 Å². The number of carbonyl (C=O) groups excluding carboxylic acids is 1. The number of nitrogens with two attached hydrogens (primary N) is 1. The second-order valence-corrected chi connectivity index (χ2v) is 6.81. The van der Waals surface area contributed by atoms with Crippen LogP contribution in [-0.4, -0.2) is 38.0 Å². The third kappa shape index (κ3) is 6.13. The molecule has 0 unspecified atom stereocenters. The standard InChI is InChI=1S/C19H24N2O2.C4H6O/c1-22-18-11-15-8-10-21(13-16(15)12-19(18)23-2)9-7-14-3-5-17(20)6-4-14;1-3-4(2)5/h3-6,11-12H,7-10,13,20H2,1-2H3;3H,1H2,2H3. The van der Waals surface area contributed by atoms with E-state index in [2.05, 4.69) is 35.7 Å². The van der Waals surface area contributed by atoms with E-state index in [9.17, 15) is 4.79 Å². The van der Waals surface area contributed by atoms with Crippen LogP contribution in [0.15, 0.2) is 49.1 Å². The fraction of sp³-hybridized carbons (Fsp3) is 0.348. The number of anilines is 1. The van der Waals surface area contributed by atoms with Crippen molar-refractivity contribution in [3.05, 3.63) is 65.7 Å². The Morgan fingerprint density at radius 2 is 1.71 bits per heavy atom. The number of hydrogen-bond donors (Lipinski definition) is 1. The lowest BCUT2D eigenvalue weighted by Gasteiger charge is -2.29. The monoisotopic (exact) mass is 382 g/mol. The number of carbonyl (C=O) groups is 1. The van der Waals surface area contributed by atoms with Crippen molar-refractivity contribution in [3.63, 3.8) is 0 Å². The Balaban J connectivity index is 0.000000500. The third-order valence-electron chi connectivity index (χ3n) is 4.78. The van der Waals surface area contributed by atoms with E-state index in [0.717, 1.165) is 49.7 Å². The van der Waals surface area contributed by atoms with Crippen molar-refractivity contribution in [2.24, 2.45) is 0 Å². The van der Waals surface area contributed by atoms with Crippen molar-refractivity contribution < 1.29 is 14.3 Å². The summed E-state index contributed by atoms with van der Waals surface area (Å²) in [6.07, 6.45) is 3.38. The number of methoxy groups -OCH3 is 2. The molecule has 1 aliphatic heterocycles. The summed E-state index contributed by atoms with van der Waals surface area (Å²) in [6, 6.07) is 12.4. The first-order chi connectivity index (χ1) is 13.5. The van der Waals surface area contributed by atoms with Crippen LogP contribution in [0, 0.1) is 0 Å². The van der Waals surface area contributed by atoms with Crippen LogP contribution in [0.4, 0.5) is 5.69 Å². The van der Waals surface area contributed by atoms with Gasteiger partial charge in [0, 0.05) is 25.3 Å². The zero-order valence-corrected chi connectivity index (χ0v) is 17.0. The van der Waals surface area contributed by atoms with Crippen molar-refractivity contribution in [2.45, 2.75) is 26.3 Å². The van der Waals surface area contributed by atoms with Crippen LogP contribution in [0.5, 0.6) is 11.5 Å². The van der Waals surface area contributed by atoms with E-state index < -0.39 is 0 Å². The predicted octanol–water partition coefficient (Wildman–Crippen LogP) is 3.65. The summed E-state index contributed by atoms with van der Waals surface area (Å²) in [5, 5.41) is 0. The summed E-state index contributed by atoms with van der Waals surface area (Å²) >= 11 is 0. The summed E-state index contributed by atoms with van der Waals surface area (Å²) in [4.78, 5) is 12.2. The van der Waals surface area contributed by atoms with Crippen molar-refractivity contribution in [1.82, 2.24) is 4.90 Å². The molecule has 0 aliphatic carbocycles. The number of hydrogen-bond acceptors (Lipinski definition) is 5. The van der Waals surface area contributed by atoms with Gasteiger partial charge in [0.2, 0.25) is 0 Å². The van der Waals surface area contributed by atoms with Gasteiger partial charge < -0.3 is 15.2 Å². The average Bonchev–Trinajstić information content (AvgIpc) is 2.72. The van der Waals surface area contributed by atoms with Crippen molar-refractivity contribution in [2.75, 3.05) is 33.0 Å². The Labute approximate surface area is 167 Å². The molecule has 0 bridgehead atoms. The Kier molecular flexibility index (Phi) is 8.08. The summed E-state index contributed by atoms with van der Waals surface area (Å²) in [5.74, 6) is 1.65. The zero-order chi connectivity index (χ0) is 20.5. The lowest BCUT2D eigenvalue weighted by Crippen LogP contribution is -2.32. The maximum Gasteiger partial charge on any atom is 0.161 e. The van der Waals surface area contributed by atoms with Crippen molar-refractivity contribution in [3.8, 4) is 11.5 Å². The van der Waals surface area contributed by atoms with Gasteiger partial charge in [0.15, 0.2) is 17.3 Å². The van der Waals surface area contributed by atoms with Crippen LogP contribution in [0.3, 0.4) is 0 Å². The molecule has 5 nitrogen and oxygen atoms in total. The second-order valence-electron chi connectivity index (χ2n) is 6.81. The van der Waals surface area contributed by atoms with E-state index in [-0.39, 0.29) is 5.78 Å². The molecular formula is C23H30N2O3. The van der Waals surface area contributed by atoms with Crippen LogP contribution in [0.2, 0.25) is 0 Å². The lowest BCUT2D eigenvalue weighted by atomic mass is 9.98. The number of fused-ring (bicyclic) bond motifs is 1. The molecule has 1 heterocycles. The Hall–Kier alpha value is -2.79. The van der Waals surface area contributed by atoms with Crippen LogP contribution in [-0.2, 0) is 24.2 Å². The van der Waals surface area contributed by atoms with Crippen LogP contribution in [0.25, 0.3) is 0 Å². The normalized spacial score (nSPS) is 13.0. The molecule has 3 rings (SSSR count). The van der Waals surface area contributed by atoms with Gasteiger partial charge in [-0.2, -0.15) is 0 Å². The topological polar surface area (TPSA) is 64.8 Å². The van der Waals surface area contributed by atoms with Gasteiger partial charge in [0.1, 0.15) is 0 Å². The second kappa shape index (κ2) is 10.5. The van der Waals surface area contributed by atoms with E-state index >= 15 is 0 Å². The molecule has 0 radical (unpaired) electrons. The molecular weight excluding hydrogens is 352 g/mol. The van der Waals surface area contributed by atoms with E-state index in [1.54, 1.807) is 14.2 Å². The molecule has 0 amide bonds. The molecule has 2 aromatic rings. The van der Waals surface area contributed by atoms with Gasteiger partial charge in [0.05, 0.1) is 14.2 Å². The highest BCUT2D eigenvalue weighted by molar-refractivity contribution is 5.86. The van der Waals surface area contributed by atoms with Crippen molar-refractivity contribution in [1.29, 1.82) is 0 Å². The van der Waals surface area contributed by atoms with E-state index in [1.807, 2.05) is 12.1 Å². The predicted molar refractivity (Wildman–Crippen MR) is 114 cm³/mol. The zero-order valence-electron chi connectivity index (χ0n) is 17.0. The number of benzene rings is 2. The smallest absolute Gasteiger partial charge is 0.161 e. The lowest BCUT2D eigenvalue weighted by molar-refractivity contribution is -0.112. The number of nitrogen functional groups attached to an aromatic ring is 1. The van der Waals surface area contributed by atoms with Gasteiger partial charge >= 0.3 is 0 Å². The molecule has 1 aliphatic rings. The summed E-state index contributed by atoms with van der Waals surface area (Å²) in [5.41, 5.74) is 10.6. The highest BCUT2D eigenvalue weighted by atomic mass is 16.5. The van der Waals surface area contributed by atoms with E-state index in [4.69, 9.17) is 15.2 Å². The van der Waals surface area contributed by atoms with Gasteiger partial charge in [-0.3, -0.25) is 9.69 Å². The summed E-state index contributed by atoms with van der Waals surface area (Å²) in [6.45, 7) is 7.77.